The van der Waals surface area contributed by atoms with Crippen molar-refractivity contribution in [3.05, 3.63) is 58.7 Å². The highest BCUT2D eigenvalue weighted by molar-refractivity contribution is 5.44. The smallest absolute Gasteiger partial charge is 0.130 e. The molecule has 0 saturated carbocycles. The van der Waals surface area contributed by atoms with Crippen LogP contribution in [0.1, 0.15) is 35.2 Å². The number of rotatable bonds is 3. The third kappa shape index (κ3) is 3.15. The Kier molecular flexibility index (Phi) is 3.91. The largest absolute Gasteiger partial charge is 0.457 e. The second-order valence-electron chi connectivity index (χ2n) is 5.16. The van der Waals surface area contributed by atoms with E-state index in [2.05, 4.69) is 32.9 Å². The van der Waals surface area contributed by atoms with Gasteiger partial charge >= 0.3 is 0 Å². The summed E-state index contributed by atoms with van der Waals surface area (Å²) in [4.78, 5) is 0. The van der Waals surface area contributed by atoms with Gasteiger partial charge in [-0.15, -0.1) is 0 Å². The summed E-state index contributed by atoms with van der Waals surface area (Å²) >= 11 is 0. The molecule has 0 aromatic heterocycles. The van der Waals surface area contributed by atoms with Gasteiger partial charge in [0.05, 0.1) is 0 Å². The maximum absolute atomic E-state index is 5.96. The fourth-order valence-electron chi connectivity index (χ4n) is 2.07. The average Bonchev–Trinajstić information content (AvgIpc) is 2.36. The van der Waals surface area contributed by atoms with Crippen LogP contribution in [0, 0.1) is 20.8 Å². The molecule has 2 aromatic carbocycles. The second kappa shape index (κ2) is 5.45. The van der Waals surface area contributed by atoms with Gasteiger partial charge in [-0.2, -0.15) is 0 Å². The van der Waals surface area contributed by atoms with Crippen LogP contribution in [0.3, 0.4) is 0 Å². The Labute approximate surface area is 115 Å². The van der Waals surface area contributed by atoms with Crippen molar-refractivity contribution in [1.29, 1.82) is 0 Å². The minimum absolute atomic E-state index is 0.0528. The lowest BCUT2D eigenvalue weighted by Crippen LogP contribution is -2.04. The zero-order chi connectivity index (χ0) is 14.0. The molecular weight excluding hydrogens is 234 g/mol. The van der Waals surface area contributed by atoms with Gasteiger partial charge in [0.2, 0.25) is 0 Å². The first-order valence-corrected chi connectivity index (χ1v) is 6.58. The van der Waals surface area contributed by atoms with Crippen LogP contribution >= 0.6 is 0 Å². The Morgan fingerprint density at radius 1 is 1.00 bits per heavy atom. The standard InChI is InChI=1S/C17H21NO/c1-11-9-12(2)13(3)17(10-11)19-16-7-5-15(6-8-16)14(4)18/h5-10,14H,18H2,1-4H3. The van der Waals surface area contributed by atoms with Crippen molar-refractivity contribution in [1.82, 2.24) is 0 Å². The summed E-state index contributed by atoms with van der Waals surface area (Å²) in [6, 6.07) is 12.3. The zero-order valence-corrected chi connectivity index (χ0v) is 12.0. The van der Waals surface area contributed by atoms with E-state index in [9.17, 15) is 0 Å². The lowest BCUT2D eigenvalue weighted by atomic mass is 10.1. The number of ether oxygens (including phenoxy) is 1. The van der Waals surface area contributed by atoms with Crippen LogP contribution in [-0.4, -0.2) is 0 Å². The van der Waals surface area contributed by atoms with Crippen molar-refractivity contribution < 1.29 is 4.74 Å². The van der Waals surface area contributed by atoms with Crippen molar-refractivity contribution in [2.24, 2.45) is 5.73 Å². The molecule has 2 rings (SSSR count). The summed E-state index contributed by atoms with van der Waals surface area (Å²) in [6.07, 6.45) is 0. The molecule has 1 atom stereocenters. The van der Waals surface area contributed by atoms with Crippen LogP contribution in [-0.2, 0) is 0 Å². The Bertz CT molecular complexity index is 571. The lowest BCUT2D eigenvalue weighted by Gasteiger charge is -2.13. The van der Waals surface area contributed by atoms with Gasteiger partial charge in [0.15, 0.2) is 0 Å². The Hall–Kier alpha value is -1.80. The summed E-state index contributed by atoms with van der Waals surface area (Å²) in [5.41, 5.74) is 10.6. The summed E-state index contributed by atoms with van der Waals surface area (Å²) in [7, 11) is 0. The van der Waals surface area contributed by atoms with E-state index in [1.807, 2.05) is 31.2 Å². The van der Waals surface area contributed by atoms with E-state index in [1.165, 1.54) is 16.7 Å². The minimum Gasteiger partial charge on any atom is -0.457 e. The van der Waals surface area contributed by atoms with Gasteiger partial charge in [-0.05, 0) is 68.1 Å². The normalized spacial score (nSPS) is 12.3. The summed E-state index contributed by atoms with van der Waals surface area (Å²) in [6.45, 7) is 8.25. The van der Waals surface area contributed by atoms with Gasteiger partial charge in [-0.3, -0.25) is 0 Å². The predicted octanol–water partition coefficient (Wildman–Crippen LogP) is 4.42. The maximum atomic E-state index is 5.96. The minimum atomic E-state index is 0.0528. The number of hydrogen-bond acceptors (Lipinski definition) is 2. The molecule has 2 nitrogen and oxygen atoms in total. The first-order valence-electron chi connectivity index (χ1n) is 6.58. The Morgan fingerprint density at radius 2 is 1.63 bits per heavy atom. The highest BCUT2D eigenvalue weighted by Gasteiger charge is 2.06. The highest BCUT2D eigenvalue weighted by Crippen LogP contribution is 2.29. The van der Waals surface area contributed by atoms with Gasteiger partial charge in [0, 0.05) is 6.04 Å². The quantitative estimate of drug-likeness (QED) is 0.881. The van der Waals surface area contributed by atoms with Crippen molar-refractivity contribution in [3.8, 4) is 11.5 Å². The van der Waals surface area contributed by atoms with E-state index in [0.717, 1.165) is 17.1 Å². The van der Waals surface area contributed by atoms with E-state index >= 15 is 0 Å². The zero-order valence-electron chi connectivity index (χ0n) is 12.0. The van der Waals surface area contributed by atoms with Gasteiger partial charge in [0.25, 0.3) is 0 Å². The number of aryl methyl sites for hydroxylation is 2. The third-order valence-corrected chi connectivity index (χ3v) is 3.40. The molecule has 2 heteroatoms. The average molecular weight is 255 g/mol. The second-order valence-corrected chi connectivity index (χ2v) is 5.16. The first kappa shape index (κ1) is 13.6. The third-order valence-electron chi connectivity index (χ3n) is 3.40. The highest BCUT2D eigenvalue weighted by atomic mass is 16.5. The molecule has 2 N–H and O–H groups in total. The molecule has 100 valence electrons. The molecule has 0 aliphatic carbocycles. The molecule has 0 radical (unpaired) electrons. The summed E-state index contributed by atoms with van der Waals surface area (Å²) in [5.74, 6) is 1.77. The van der Waals surface area contributed by atoms with Gasteiger partial charge in [-0.25, -0.2) is 0 Å². The SMILES string of the molecule is Cc1cc(C)c(C)c(Oc2ccc(C(C)N)cc2)c1. The van der Waals surface area contributed by atoms with Crippen LogP contribution in [0.15, 0.2) is 36.4 Å². The van der Waals surface area contributed by atoms with Crippen LogP contribution in [0.25, 0.3) is 0 Å². The molecule has 1 unspecified atom stereocenters. The van der Waals surface area contributed by atoms with Crippen LogP contribution < -0.4 is 10.5 Å². The fourth-order valence-corrected chi connectivity index (χ4v) is 2.07. The van der Waals surface area contributed by atoms with Crippen LogP contribution in [0.5, 0.6) is 11.5 Å². The molecule has 0 aliphatic heterocycles. The topological polar surface area (TPSA) is 35.2 Å². The molecule has 0 aliphatic rings. The van der Waals surface area contributed by atoms with Gasteiger partial charge in [0.1, 0.15) is 11.5 Å². The predicted molar refractivity (Wildman–Crippen MR) is 79.8 cm³/mol. The van der Waals surface area contributed by atoms with Gasteiger partial charge in [-0.1, -0.05) is 18.2 Å². The summed E-state index contributed by atoms with van der Waals surface area (Å²) < 4.78 is 5.96. The van der Waals surface area contributed by atoms with E-state index in [4.69, 9.17) is 10.5 Å². The van der Waals surface area contributed by atoms with Gasteiger partial charge < -0.3 is 10.5 Å². The molecule has 2 aromatic rings. The lowest BCUT2D eigenvalue weighted by molar-refractivity contribution is 0.477. The Morgan fingerprint density at radius 3 is 2.21 bits per heavy atom. The number of nitrogens with two attached hydrogens (primary N) is 1. The molecule has 0 spiro atoms. The summed E-state index contributed by atoms with van der Waals surface area (Å²) in [5, 5.41) is 0. The van der Waals surface area contributed by atoms with Crippen molar-refractivity contribution >= 4 is 0 Å². The molecular formula is C17H21NO. The van der Waals surface area contributed by atoms with E-state index < -0.39 is 0 Å². The van der Waals surface area contributed by atoms with Crippen molar-refractivity contribution in [2.75, 3.05) is 0 Å². The van der Waals surface area contributed by atoms with E-state index in [0.29, 0.717) is 0 Å². The molecule has 0 bridgehead atoms. The monoisotopic (exact) mass is 255 g/mol. The molecule has 0 heterocycles. The first-order chi connectivity index (χ1) is 8.97. The Balaban J connectivity index is 2.26. The van der Waals surface area contributed by atoms with Crippen LogP contribution in [0.2, 0.25) is 0 Å². The fraction of sp³-hybridized carbons (Fsp3) is 0.294. The number of hydrogen-bond donors (Lipinski definition) is 1. The van der Waals surface area contributed by atoms with Crippen molar-refractivity contribution in [3.63, 3.8) is 0 Å². The number of benzene rings is 2. The molecule has 19 heavy (non-hydrogen) atoms. The molecule has 0 amide bonds. The molecule has 0 saturated heterocycles. The van der Waals surface area contributed by atoms with E-state index in [1.54, 1.807) is 0 Å². The maximum Gasteiger partial charge on any atom is 0.130 e. The molecule has 0 fully saturated rings. The van der Waals surface area contributed by atoms with Crippen molar-refractivity contribution in [2.45, 2.75) is 33.7 Å². The van der Waals surface area contributed by atoms with Crippen LogP contribution in [0.4, 0.5) is 0 Å². The van der Waals surface area contributed by atoms with E-state index in [-0.39, 0.29) is 6.04 Å².